The molecule has 0 aliphatic carbocycles. The Bertz CT molecular complexity index is 595. The number of hydrogen-bond acceptors (Lipinski definition) is 3. The standard InChI is InChI=1S/C13H14ClN3O/c14-10-3-1-2-9(6-10)7-11-8-13(18)17-12(16-11)4-5-15/h1-3,6,8H,4-5,7,15H2,(H,16,17,18). The Morgan fingerprint density at radius 3 is 2.89 bits per heavy atom. The molecule has 0 bridgehead atoms. The minimum absolute atomic E-state index is 0.148. The fourth-order valence-corrected chi connectivity index (χ4v) is 1.98. The molecule has 4 nitrogen and oxygen atoms in total. The molecule has 0 aliphatic heterocycles. The van der Waals surface area contributed by atoms with Gasteiger partial charge in [0.2, 0.25) is 0 Å². The number of hydrogen-bond donors (Lipinski definition) is 2. The SMILES string of the molecule is NCCc1nc(Cc2cccc(Cl)c2)cc(=O)[nH]1. The van der Waals surface area contributed by atoms with Crippen molar-refractivity contribution >= 4 is 11.6 Å². The number of halogens is 1. The van der Waals surface area contributed by atoms with Crippen molar-refractivity contribution in [3.05, 3.63) is 62.8 Å². The van der Waals surface area contributed by atoms with Gasteiger partial charge < -0.3 is 10.7 Å². The average molecular weight is 264 g/mol. The predicted molar refractivity (Wildman–Crippen MR) is 71.9 cm³/mol. The molecule has 0 amide bonds. The van der Waals surface area contributed by atoms with Crippen LogP contribution in [0.5, 0.6) is 0 Å². The fourth-order valence-electron chi connectivity index (χ4n) is 1.76. The Balaban J connectivity index is 2.26. The van der Waals surface area contributed by atoms with Crippen LogP contribution >= 0.6 is 11.6 Å². The maximum absolute atomic E-state index is 11.5. The molecule has 0 saturated heterocycles. The number of aromatic nitrogens is 2. The Morgan fingerprint density at radius 1 is 1.33 bits per heavy atom. The van der Waals surface area contributed by atoms with E-state index in [1.807, 2.05) is 24.3 Å². The highest BCUT2D eigenvalue weighted by Gasteiger charge is 2.03. The van der Waals surface area contributed by atoms with Crippen molar-refractivity contribution in [3.63, 3.8) is 0 Å². The lowest BCUT2D eigenvalue weighted by molar-refractivity contribution is 0.833. The number of aromatic amines is 1. The van der Waals surface area contributed by atoms with Crippen molar-refractivity contribution in [2.75, 3.05) is 6.54 Å². The molecular weight excluding hydrogens is 250 g/mol. The second-order valence-electron chi connectivity index (χ2n) is 4.03. The largest absolute Gasteiger partial charge is 0.330 e. The summed E-state index contributed by atoms with van der Waals surface area (Å²) in [7, 11) is 0. The molecule has 1 aromatic heterocycles. The third-order valence-electron chi connectivity index (χ3n) is 2.50. The molecule has 0 saturated carbocycles. The molecule has 0 atom stereocenters. The number of rotatable bonds is 4. The summed E-state index contributed by atoms with van der Waals surface area (Å²) >= 11 is 5.92. The predicted octanol–water partition coefficient (Wildman–Crippen LogP) is 1.52. The van der Waals surface area contributed by atoms with E-state index < -0.39 is 0 Å². The maximum Gasteiger partial charge on any atom is 0.251 e. The number of nitrogens with zero attached hydrogens (tertiary/aromatic N) is 1. The van der Waals surface area contributed by atoms with E-state index in [0.29, 0.717) is 30.2 Å². The zero-order chi connectivity index (χ0) is 13.0. The Kier molecular flexibility index (Phi) is 4.12. The van der Waals surface area contributed by atoms with E-state index in [2.05, 4.69) is 9.97 Å². The van der Waals surface area contributed by atoms with Gasteiger partial charge in [0.05, 0.1) is 5.69 Å². The molecule has 0 spiro atoms. The molecular formula is C13H14ClN3O. The van der Waals surface area contributed by atoms with Crippen LogP contribution in [0.1, 0.15) is 17.1 Å². The van der Waals surface area contributed by atoms with E-state index in [1.165, 1.54) is 6.07 Å². The van der Waals surface area contributed by atoms with Crippen molar-refractivity contribution in [3.8, 4) is 0 Å². The zero-order valence-corrected chi connectivity index (χ0v) is 10.6. The van der Waals surface area contributed by atoms with Crippen LogP contribution < -0.4 is 11.3 Å². The van der Waals surface area contributed by atoms with Crippen LogP contribution in [0.4, 0.5) is 0 Å². The molecule has 94 valence electrons. The Hall–Kier alpha value is -1.65. The van der Waals surface area contributed by atoms with Crippen molar-refractivity contribution in [2.24, 2.45) is 5.73 Å². The van der Waals surface area contributed by atoms with Crippen LogP contribution in [-0.4, -0.2) is 16.5 Å². The number of benzene rings is 1. The van der Waals surface area contributed by atoms with Crippen molar-refractivity contribution in [1.29, 1.82) is 0 Å². The Labute approximate surface area is 110 Å². The van der Waals surface area contributed by atoms with E-state index in [4.69, 9.17) is 17.3 Å². The topological polar surface area (TPSA) is 71.8 Å². The molecule has 0 aliphatic rings. The van der Waals surface area contributed by atoms with Gasteiger partial charge in [-0.1, -0.05) is 23.7 Å². The molecule has 2 aromatic rings. The van der Waals surface area contributed by atoms with Crippen molar-refractivity contribution < 1.29 is 0 Å². The van der Waals surface area contributed by atoms with Crippen molar-refractivity contribution in [2.45, 2.75) is 12.8 Å². The van der Waals surface area contributed by atoms with Gasteiger partial charge in [-0.25, -0.2) is 4.98 Å². The van der Waals surface area contributed by atoms with E-state index >= 15 is 0 Å². The quantitative estimate of drug-likeness (QED) is 0.878. The van der Waals surface area contributed by atoms with Gasteiger partial charge >= 0.3 is 0 Å². The van der Waals surface area contributed by atoms with Crippen molar-refractivity contribution in [1.82, 2.24) is 9.97 Å². The first-order chi connectivity index (χ1) is 8.67. The van der Waals surface area contributed by atoms with Crippen LogP contribution in [0.2, 0.25) is 5.02 Å². The van der Waals surface area contributed by atoms with E-state index in [1.54, 1.807) is 0 Å². The molecule has 5 heteroatoms. The van der Waals surface area contributed by atoms with Gasteiger partial charge in [0, 0.05) is 23.9 Å². The Morgan fingerprint density at radius 2 is 2.17 bits per heavy atom. The van der Waals surface area contributed by atoms with Gasteiger partial charge in [-0.05, 0) is 24.2 Å². The first-order valence-corrected chi connectivity index (χ1v) is 6.09. The van der Waals surface area contributed by atoms with Gasteiger partial charge in [-0.15, -0.1) is 0 Å². The van der Waals surface area contributed by atoms with Crippen LogP contribution in [-0.2, 0) is 12.8 Å². The lowest BCUT2D eigenvalue weighted by Gasteiger charge is -2.04. The molecule has 1 aromatic carbocycles. The van der Waals surface area contributed by atoms with Gasteiger partial charge in [-0.3, -0.25) is 4.79 Å². The smallest absolute Gasteiger partial charge is 0.251 e. The van der Waals surface area contributed by atoms with Gasteiger partial charge in [0.15, 0.2) is 0 Å². The third kappa shape index (κ3) is 3.42. The number of H-pyrrole nitrogens is 1. The molecule has 1 heterocycles. The second kappa shape index (κ2) is 5.80. The first-order valence-electron chi connectivity index (χ1n) is 5.71. The molecule has 0 fully saturated rings. The monoisotopic (exact) mass is 263 g/mol. The highest BCUT2D eigenvalue weighted by Crippen LogP contribution is 2.13. The summed E-state index contributed by atoms with van der Waals surface area (Å²) in [6.07, 6.45) is 1.15. The highest BCUT2D eigenvalue weighted by atomic mass is 35.5. The van der Waals surface area contributed by atoms with Gasteiger partial charge in [0.1, 0.15) is 5.82 Å². The van der Waals surface area contributed by atoms with E-state index in [9.17, 15) is 4.79 Å². The summed E-state index contributed by atoms with van der Waals surface area (Å²) in [6, 6.07) is 9.02. The molecule has 0 unspecified atom stereocenters. The highest BCUT2D eigenvalue weighted by molar-refractivity contribution is 6.30. The zero-order valence-electron chi connectivity index (χ0n) is 9.82. The molecule has 3 N–H and O–H groups in total. The minimum Gasteiger partial charge on any atom is -0.330 e. The lowest BCUT2D eigenvalue weighted by atomic mass is 10.1. The second-order valence-corrected chi connectivity index (χ2v) is 4.47. The summed E-state index contributed by atoms with van der Waals surface area (Å²) in [5, 5.41) is 0.680. The van der Waals surface area contributed by atoms with E-state index in [0.717, 1.165) is 11.3 Å². The summed E-state index contributed by atoms with van der Waals surface area (Å²) < 4.78 is 0. The van der Waals surface area contributed by atoms with Crippen LogP contribution in [0, 0.1) is 0 Å². The third-order valence-corrected chi connectivity index (χ3v) is 2.73. The molecule has 2 rings (SSSR count). The molecule has 0 radical (unpaired) electrons. The normalized spacial score (nSPS) is 10.6. The summed E-state index contributed by atoms with van der Waals surface area (Å²) in [6.45, 7) is 0.462. The first kappa shape index (κ1) is 12.8. The number of nitrogens with one attached hydrogen (secondary N) is 1. The molecule has 18 heavy (non-hydrogen) atoms. The summed E-state index contributed by atoms with van der Waals surface area (Å²) in [5.74, 6) is 0.627. The lowest BCUT2D eigenvalue weighted by Crippen LogP contribution is -2.16. The van der Waals surface area contributed by atoms with Crippen LogP contribution in [0.3, 0.4) is 0 Å². The maximum atomic E-state index is 11.5. The summed E-state index contributed by atoms with van der Waals surface area (Å²) in [4.78, 5) is 18.5. The van der Waals surface area contributed by atoms with Crippen LogP contribution in [0.25, 0.3) is 0 Å². The van der Waals surface area contributed by atoms with E-state index in [-0.39, 0.29) is 5.56 Å². The fraction of sp³-hybridized carbons (Fsp3) is 0.231. The average Bonchev–Trinajstić information content (AvgIpc) is 2.28. The number of nitrogens with two attached hydrogens (primary N) is 1. The minimum atomic E-state index is -0.148. The van der Waals surface area contributed by atoms with Gasteiger partial charge in [0.25, 0.3) is 5.56 Å². The van der Waals surface area contributed by atoms with Crippen LogP contribution in [0.15, 0.2) is 35.1 Å². The summed E-state index contributed by atoms with van der Waals surface area (Å²) in [5.41, 5.74) is 7.06. The van der Waals surface area contributed by atoms with Gasteiger partial charge in [-0.2, -0.15) is 0 Å².